The number of hydrogen-bond donors (Lipinski definition) is 3. The van der Waals surface area contributed by atoms with Crippen LogP contribution in [0, 0.1) is 0 Å². The van der Waals surface area contributed by atoms with Crippen molar-refractivity contribution in [2.24, 2.45) is 0 Å². The number of likely N-dealkylation sites (N-methyl/N-ethyl adjacent to an activating group) is 1. The number of aromatic amines is 1. The summed E-state index contributed by atoms with van der Waals surface area (Å²) < 4.78 is 39.1. The number of rotatable bonds is 5. The van der Waals surface area contributed by atoms with Crippen LogP contribution in [-0.2, 0) is 23.9 Å². The number of amides is 5. The number of imidazole rings is 1. The molecule has 5 rings (SSSR count). The molecule has 10 nitrogen and oxygen atoms in total. The highest BCUT2D eigenvalue weighted by Gasteiger charge is 2.35. The number of anilines is 1. The van der Waals surface area contributed by atoms with Gasteiger partial charge in [-0.2, -0.15) is 13.2 Å². The summed E-state index contributed by atoms with van der Waals surface area (Å²) in [6, 6.07) is 10.7. The molecule has 2 aromatic carbocycles. The van der Waals surface area contributed by atoms with E-state index < -0.39 is 24.1 Å². The van der Waals surface area contributed by atoms with Crippen LogP contribution in [0.1, 0.15) is 29.8 Å². The van der Waals surface area contributed by atoms with Crippen molar-refractivity contribution < 1.29 is 27.6 Å². The van der Waals surface area contributed by atoms with Crippen molar-refractivity contribution in [2.45, 2.75) is 44.1 Å². The molecule has 0 radical (unpaired) electrons. The minimum Gasteiger partial charge on any atom is -0.347 e. The first-order valence-corrected chi connectivity index (χ1v) is 13.0. The van der Waals surface area contributed by atoms with E-state index in [1.807, 2.05) is 24.3 Å². The molecule has 3 N–H and O–H groups in total. The zero-order chi connectivity index (χ0) is 28.6. The van der Waals surface area contributed by atoms with Crippen molar-refractivity contribution in [1.82, 2.24) is 30.0 Å². The maximum Gasteiger partial charge on any atom is 0.449 e. The third-order valence-corrected chi connectivity index (χ3v) is 7.34. The molecule has 3 aromatic rings. The fraction of sp³-hybridized carbons (Fsp3) is 0.407. The number of para-hydroxylation sites is 1. The number of nitrogens with zero attached hydrogens (tertiary/aromatic N) is 4. The van der Waals surface area contributed by atoms with E-state index in [-0.39, 0.29) is 35.4 Å². The molecule has 1 aromatic heterocycles. The summed E-state index contributed by atoms with van der Waals surface area (Å²) in [5, 5.41) is 5.73. The highest BCUT2D eigenvalue weighted by molar-refractivity contribution is 5.92. The van der Waals surface area contributed by atoms with Crippen molar-refractivity contribution in [3.63, 3.8) is 0 Å². The molecule has 1 fully saturated rings. The lowest BCUT2D eigenvalue weighted by Crippen LogP contribution is -2.55. The number of fused-ring (bicyclic) bond motifs is 2. The smallest absolute Gasteiger partial charge is 0.347 e. The van der Waals surface area contributed by atoms with E-state index in [2.05, 4.69) is 20.6 Å². The molecule has 3 heterocycles. The number of piperidine rings is 1. The van der Waals surface area contributed by atoms with Crippen LogP contribution in [0.2, 0.25) is 0 Å². The molecule has 0 bridgehead atoms. The van der Waals surface area contributed by atoms with Crippen LogP contribution in [0.15, 0.2) is 42.5 Å². The fourth-order valence-corrected chi connectivity index (χ4v) is 5.20. The van der Waals surface area contributed by atoms with E-state index in [1.54, 1.807) is 30.0 Å². The predicted molar refractivity (Wildman–Crippen MR) is 141 cm³/mol. The van der Waals surface area contributed by atoms with Crippen LogP contribution < -0.4 is 10.6 Å². The topological polar surface area (TPSA) is 114 Å². The standard InChI is InChI=1S/C27H30F3N7O3/c1-35(2)23(38)22(14-16-7-8-20-21(13-16)32-24(31-20)27(28,29)30)34-25(39)36-11-9-18(10-12-36)37-15-17-5-3-4-6-19(17)33-26(37)40/h3-8,13,18,22H,9-12,14-15H2,1-2H3,(H,31,32)(H,33,40)(H,34,39). The second-order valence-electron chi connectivity index (χ2n) is 10.3. The van der Waals surface area contributed by atoms with E-state index in [1.165, 1.54) is 17.0 Å². The number of likely N-dealkylation sites (tertiary alicyclic amines) is 1. The van der Waals surface area contributed by atoms with Gasteiger partial charge in [0, 0.05) is 51.9 Å². The van der Waals surface area contributed by atoms with Gasteiger partial charge in [-0.25, -0.2) is 14.6 Å². The number of carbonyl (C=O) groups excluding carboxylic acids is 3. The van der Waals surface area contributed by atoms with Crippen LogP contribution in [0.4, 0.5) is 28.4 Å². The number of urea groups is 2. The lowest BCUT2D eigenvalue weighted by Gasteiger charge is -2.40. The first kappa shape index (κ1) is 27.3. The number of nitrogens with one attached hydrogen (secondary N) is 3. The van der Waals surface area contributed by atoms with Crippen molar-refractivity contribution >= 4 is 34.7 Å². The van der Waals surface area contributed by atoms with Crippen molar-refractivity contribution in [3.05, 3.63) is 59.4 Å². The SMILES string of the molecule is CN(C)C(=O)C(Cc1ccc2nc(C(F)(F)F)[nH]c2c1)NC(=O)N1CCC(N2Cc3ccccc3NC2=O)CC1. The van der Waals surface area contributed by atoms with Gasteiger partial charge < -0.3 is 30.3 Å². The molecule has 40 heavy (non-hydrogen) atoms. The van der Waals surface area contributed by atoms with E-state index in [0.717, 1.165) is 11.3 Å². The van der Waals surface area contributed by atoms with Gasteiger partial charge in [-0.3, -0.25) is 4.79 Å². The Kier molecular flexibility index (Phi) is 7.30. The second-order valence-corrected chi connectivity index (χ2v) is 10.3. The molecular formula is C27H30F3N7O3. The van der Waals surface area contributed by atoms with Gasteiger partial charge in [0.1, 0.15) is 6.04 Å². The number of halogens is 3. The zero-order valence-corrected chi connectivity index (χ0v) is 22.1. The van der Waals surface area contributed by atoms with Gasteiger partial charge in [0.25, 0.3) is 0 Å². The average Bonchev–Trinajstić information content (AvgIpc) is 3.36. The summed E-state index contributed by atoms with van der Waals surface area (Å²) in [4.78, 5) is 49.4. The van der Waals surface area contributed by atoms with Crippen LogP contribution in [0.5, 0.6) is 0 Å². The molecule has 0 spiro atoms. The summed E-state index contributed by atoms with van der Waals surface area (Å²) in [6.07, 6.45) is -3.34. The average molecular weight is 558 g/mol. The Hall–Kier alpha value is -4.29. The number of aromatic nitrogens is 2. The summed E-state index contributed by atoms with van der Waals surface area (Å²) in [7, 11) is 3.14. The Morgan fingerprint density at radius 3 is 2.58 bits per heavy atom. The van der Waals surface area contributed by atoms with Gasteiger partial charge in [-0.15, -0.1) is 0 Å². The molecule has 0 aliphatic carbocycles. The number of carbonyl (C=O) groups is 3. The van der Waals surface area contributed by atoms with E-state index in [0.29, 0.717) is 38.0 Å². The summed E-state index contributed by atoms with van der Waals surface area (Å²) in [5.74, 6) is -1.43. The first-order chi connectivity index (χ1) is 19.0. The van der Waals surface area contributed by atoms with Crippen LogP contribution in [0.3, 0.4) is 0 Å². The van der Waals surface area contributed by atoms with Crippen LogP contribution >= 0.6 is 0 Å². The highest BCUT2D eigenvalue weighted by atomic mass is 19.4. The maximum atomic E-state index is 13.2. The summed E-state index contributed by atoms with van der Waals surface area (Å²) >= 11 is 0. The van der Waals surface area contributed by atoms with E-state index >= 15 is 0 Å². The monoisotopic (exact) mass is 557 g/mol. The largest absolute Gasteiger partial charge is 0.449 e. The maximum absolute atomic E-state index is 13.2. The second kappa shape index (κ2) is 10.7. The van der Waals surface area contributed by atoms with Crippen molar-refractivity contribution in [3.8, 4) is 0 Å². The van der Waals surface area contributed by atoms with E-state index in [4.69, 9.17) is 0 Å². The minimum atomic E-state index is -4.60. The molecule has 2 aliphatic heterocycles. The van der Waals surface area contributed by atoms with Crippen molar-refractivity contribution in [2.75, 3.05) is 32.5 Å². The molecule has 1 atom stereocenters. The Morgan fingerprint density at radius 1 is 1.15 bits per heavy atom. The number of H-pyrrole nitrogens is 1. The van der Waals surface area contributed by atoms with Crippen molar-refractivity contribution in [1.29, 1.82) is 0 Å². The Bertz CT molecular complexity index is 1430. The number of benzene rings is 2. The Balaban J connectivity index is 1.23. The van der Waals surface area contributed by atoms with Gasteiger partial charge >= 0.3 is 18.2 Å². The predicted octanol–water partition coefficient (Wildman–Crippen LogP) is 3.80. The highest BCUT2D eigenvalue weighted by Crippen LogP contribution is 2.29. The summed E-state index contributed by atoms with van der Waals surface area (Å²) in [5.41, 5.74) is 2.77. The normalized spacial score (nSPS) is 16.9. The first-order valence-electron chi connectivity index (χ1n) is 13.0. The lowest BCUT2D eigenvalue weighted by atomic mass is 10.0. The molecular weight excluding hydrogens is 527 g/mol. The quantitative estimate of drug-likeness (QED) is 0.443. The minimum absolute atomic E-state index is 0.0284. The van der Waals surface area contributed by atoms with E-state index in [9.17, 15) is 27.6 Å². The molecule has 5 amide bonds. The van der Waals surface area contributed by atoms with Crippen LogP contribution in [0.25, 0.3) is 11.0 Å². The number of alkyl halides is 3. The Labute approximate surface area is 228 Å². The fourth-order valence-electron chi connectivity index (χ4n) is 5.20. The molecule has 1 unspecified atom stereocenters. The zero-order valence-electron chi connectivity index (χ0n) is 22.1. The lowest BCUT2D eigenvalue weighted by molar-refractivity contribution is -0.144. The molecule has 13 heteroatoms. The van der Waals surface area contributed by atoms with Gasteiger partial charge in [-0.05, 0) is 42.2 Å². The third kappa shape index (κ3) is 5.68. The molecule has 2 aliphatic rings. The van der Waals surface area contributed by atoms with Gasteiger partial charge in [0.15, 0.2) is 0 Å². The van der Waals surface area contributed by atoms with Gasteiger partial charge in [-0.1, -0.05) is 24.3 Å². The third-order valence-electron chi connectivity index (χ3n) is 7.34. The van der Waals surface area contributed by atoms with Crippen LogP contribution in [-0.4, -0.2) is 81.9 Å². The summed E-state index contributed by atoms with van der Waals surface area (Å²) in [6.45, 7) is 1.32. The Morgan fingerprint density at radius 2 is 1.88 bits per heavy atom. The van der Waals surface area contributed by atoms with Gasteiger partial charge in [0.05, 0.1) is 11.0 Å². The molecule has 212 valence electrons. The van der Waals surface area contributed by atoms with Gasteiger partial charge in [0.2, 0.25) is 11.7 Å². The molecule has 0 saturated carbocycles. The molecule has 1 saturated heterocycles. The number of hydrogen-bond acceptors (Lipinski definition) is 4.